The molecular weight excluding hydrogens is 194 g/mol. The van der Waals surface area contributed by atoms with Crippen molar-refractivity contribution >= 4 is 5.91 Å². The minimum atomic E-state index is -0.115. The molecule has 0 aliphatic carbocycles. The molecule has 1 saturated heterocycles. The van der Waals surface area contributed by atoms with Crippen molar-refractivity contribution in [1.82, 2.24) is 5.32 Å². The van der Waals surface area contributed by atoms with Crippen molar-refractivity contribution in [2.24, 2.45) is 5.92 Å². The summed E-state index contributed by atoms with van der Waals surface area (Å²) in [5, 5.41) is 11.8. The molecule has 1 aliphatic heterocycles. The molecule has 0 aromatic heterocycles. The first kappa shape index (κ1) is 12.5. The van der Waals surface area contributed by atoms with Gasteiger partial charge in [-0.25, -0.2) is 0 Å². The smallest absolute Gasteiger partial charge is 0.226 e. The van der Waals surface area contributed by atoms with Gasteiger partial charge in [-0.05, 0) is 19.3 Å². The summed E-state index contributed by atoms with van der Waals surface area (Å²) in [6.45, 7) is 4.66. The van der Waals surface area contributed by atoms with Crippen LogP contribution in [0.15, 0.2) is 0 Å². The Kier molecular flexibility index (Phi) is 5.05. The Labute approximate surface area is 91.0 Å². The number of ether oxygens (including phenoxy) is 1. The molecule has 0 aromatic carbocycles. The summed E-state index contributed by atoms with van der Waals surface area (Å²) in [5.41, 5.74) is 0. The van der Waals surface area contributed by atoms with Gasteiger partial charge in [0, 0.05) is 6.61 Å². The molecule has 0 saturated carbocycles. The Morgan fingerprint density at radius 2 is 2.33 bits per heavy atom. The van der Waals surface area contributed by atoms with E-state index in [1.807, 2.05) is 13.8 Å². The van der Waals surface area contributed by atoms with Crippen molar-refractivity contribution in [3.05, 3.63) is 0 Å². The van der Waals surface area contributed by atoms with E-state index in [1.165, 1.54) is 0 Å². The maximum Gasteiger partial charge on any atom is 0.226 e. The van der Waals surface area contributed by atoms with Gasteiger partial charge in [0.25, 0.3) is 0 Å². The molecule has 1 aliphatic rings. The van der Waals surface area contributed by atoms with Crippen LogP contribution in [0.5, 0.6) is 0 Å². The van der Waals surface area contributed by atoms with Gasteiger partial charge >= 0.3 is 0 Å². The molecule has 4 heteroatoms. The zero-order valence-electron chi connectivity index (χ0n) is 9.53. The third kappa shape index (κ3) is 3.18. The number of hydrogen-bond acceptors (Lipinski definition) is 3. The summed E-state index contributed by atoms with van der Waals surface area (Å²) in [4.78, 5) is 11.8. The SMILES string of the molecule is CCC1OCCC1C(=O)N[C@@H](CC)CO. The van der Waals surface area contributed by atoms with Gasteiger partial charge in [0.1, 0.15) is 0 Å². The van der Waals surface area contributed by atoms with E-state index < -0.39 is 0 Å². The topological polar surface area (TPSA) is 58.6 Å². The quantitative estimate of drug-likeness (QED) is 0.709. The highest BCUT2D eigenvalue weighted by Gasteiger charge is 2.33. The average molecular weight is 215 g/mol. The first-order valence-electron chi connectivity index (χ1n) is 5.75. The first-order chi connectivity index (χ1) is 7.22. The molecule has 0 aromatic rings. The van der Waals surface area contributed by atoms with Crippen LogP contribution >= 0.6 is 0 Å². The lowest BCUT2D eigenvalue weighted by atomic mass is 9.98. The van der Waals surface area contributed by atoms with Gasteiger partial charge in [-0.3, -0.25) is 4.79 Å². The summed E-state index contributed by atoms with van der Waals surface area (Å²) in [5.74, 6) is -0.00384. The minimum Gasteiger partial charge on any atom is -0.394 e. The van der Waals surface area contributed by atoms with Crippen molar-refractivity contribution in [3.63, 3.8) is 0 Å². The van der Waals surface area contributed by atoms with Gasteiger partial charge in [0.15, 0.2) is 0 Å². The molecule has 88 valence electrons. The number of rotatable bonds is 5. The lowest BCUT2D eigenvalue weighted by Crippen LogP contribution is -2.42. The van der Waals surface area contributed by atoms with Crippen LogP contribution in [0, 0.1) is 5.92 Å². The molecule has 4 nitrogen and oxygen atoms in total. The molecular formula is C11H21NO3. The van der Waals surface area contributed by atoms with Crippen molar-refractivity contribution in [3.8, 4) is 0 Å². The zero-order chi connectivity index (χ0) is 11.3. The lowest BCUT2D eigenvalue weighted by molar-refractivity contribution is -0.127. The Hall–Kier alpha value is -0.610. The predicted molar refractivity (Wildman–Crippen MR) is 57.4 cm³/mol. The molecule has 0 radical (unpaired) electrons. The fraction of sp³-hybridized carbons (Fsp3) is 0.909. The van der Waals surface area contributed by atoms with Crippen LogP contribution in [-0.4, -0.2) is 36.4 Å². The van der Waals surface area contributed by atoms with E-state index in [0.717, 1.165) is 19.3 Å². The summed E-state index contributed by atoms with van der Waals surface area (Å²) >= 11 is 0. The van der Waals surface area contributed by atoms with E-state index in [0.29, 0.717) is 6.61 Å². The van der Waals surface area contributed by atoms with Gasteiger partial charge < -0.3 is 15.2 Å². The number of amides is 1. The van der Waals surface area contributed by atoms with Gasteiger partial charge in [0.2, 0.25) is 5.91 Å². The van der Waals surface area contributed by atoms with Gasteiger partial charge in [-0.1, -0.05) is 13.8 Å². The molecule has 0 spiro atoms. The molecule has 1 rings (SSSR count). The second-order valence-electron chi connectivity index (χ2n) is 4.01. The number of carbonyl (C=O) groups excluding carboxylic acids is 1. The van der Waals surface area contributed by atoms with E-state index in [1.54, 1.807) is 0 Å². The molecule has 2 N–H and O–H groups in total. The maximum absolute atomic E-state index is 11.8. The summed E-state index contributed by atoms with van der Waals surface area (Å²) in [6, 6.07) is -0.115. The van der Waals surface area contributed by atoms with E-state index in [2.05, 4.69) is 5.32 Å². The third-order valence-electron chi connectivity index (χ3n) is 3.01. The van der Waals surface area contributed by atoms with Crippen LogP contribution in [0.1, 0.15) is 33.1 Å². The highest BCUT2D eigenvalue weighted by atomic mass is 16.5. The van der Waals surface area contributed by atoms with Gasteiger partial charge in [0.05, 0.1) is 24.7 Å². The highest BCUT2D eigenvalue weighted by molar-refractivity contribution is 5.79. The number of nitrogens with one attached hydrogen (secondary N) is 1. The highest BCUT2D eigenvalue weighted by Crippen LogP contribution is 2.23. The van der Waals surface area contributed by atoms with Crippen LogP contribution in [0.3, 0.4) is 0 Å². The van der Waals surface area contributed by atoms with E-state index in [-0.39, 0.29) is 30.6 Å². The van der Waals surface area contributed by atoms with Crippen molar-refractivity contribution in [2.75, 3.05) is 13.2 Å². The number of hydrogen-bond donors (Lipinski definition) is 2. The van der Waals surface area contributed by atoms with Gasteiger partial charge in [-0.2, -0.15) is 0 Å². The van der Waals surface area contributed by atoms with Crippen LogP contribution in [0.2, 0.25) is 0 Å². The third-order valence-corrected chi connectivity index (χ3v) is 3.01. The number of aliphatic hydroxyl groups excluding tert-OH is 1. The van der Waals surface area contributed by atoms with Crippen LogP contribution in [0.25, 0.3) is 0 Å². The number of carbonyl (C=O) groups is 1. The van der Waals surface area contributed by atoms with Gasteiger partial charge in [-0.15, -0.1) is 0 Å². The number of aliphatic hydroxyl groups is 1. The van der Waals surface area contributed by atoms with E-state index >= 15 is 0 Å². The molecule has 1 heterocycles. The zero-order valence-corrected chi connectivity index (χ0v) is 9.53. The Morgan fingerprint density at radius 3 is 2.87 bits per heavy atom. The van der Waals surface area contributed by atoms with Crippen LogP contribution in [-0.2, 0) is 9.53 Å². The second kappa shape index (κ2) is 6.08. The first-order valence-corrected chi connectivity index (χ1v) is 5.75. The normalized spacial score (nSPS) is 27.7. The standard InChI is InChI=1S/C11H21NO3/c1-3-8(7-13)12-11(14)9-5-6-15-10(9)4-2/h8-10,13H,3-7H2,1-2H3,(H,12,14)/t8-,9?,10?/m0/s1. The maximum atomic E-state index is 11.8. The minimum absolute atomic E-state index is 0.00656. The lowest BCUT2D eigenvalue weighted by Gasteiger charge is -2.20. The summed E-state index contributed by atoms with van der Waals surface area (Å²) < 4.78 is 5.46. The largest absolute Gasteiger partial charge is 0.394 e. The van der Waals surface area contributed by atoms with Crippen LogP contribution in [0.4, 0.5) is 0 Å². The van der Waals surface area contributed by atoms with Crippen molar-refractivity contribution < 1.29 is 14.6 Å². The predicted octanol–water partition coefficient (Wildman–Crippen LogP) is 0.689. The van der Waals surface area contributed by atoms with Crippen LogP contribution < -0.4 is 5.32 Å². The monoisotopic (exact) mass is 215 g/mol. The fourth-order valence-corrected chi connectivity index (χ4v) is 1.94. The Balaban J connectivity index is 2.45. The molecule has 3 atom stereocenters. The fourth-order valence-electron chi connectivity index (χ4n) is 1.94. The van der Waals surface area contributed by atoms with E-state index in [4.69, 9.17) is 9.84 Å². The molecule has 15 heavy (non-hydrogen) atoms. The Morgan fingerprint density at radius 1 is 1.60 bits per heavy atom. The van der Waals surface area contributed by atoms with Crippen molar-refractivity contribution in [1.29, 1.82) is 0 Å². The second-order valence-corrected chi connectivity index (χ2v) is 4.01. The summed E-state index contributed by atoms with van der Waals surface area (Å²) in [7, 11) is 0. The molecule has 1 fully saturated rings. The van der Waals surface area contributed by atoms with Crippen molar-refractivity contribution in [2.45, 2.75) is 45.3 Å². The summed E-state index contributed by atoms with van der Waals surface area (Å²) in [6.07, 6.45) is 2.48. The molecule has 0 bridgehead atoms. The molecule has 1 amide bonds. The Bertz CT molecular complexity index is 204. The van der Waals surface area contributed by atoms with E-state index in [9.17, 15) is 4.79 Å². The molecule has 2 unspecified atom stereocenters. The average Bonchev–Trinajstić information content (AvgIpc) is 2.73.